The van der Waals surface area contributed by atoms with Crippen molar-refractivity contribution in [1.29, 1.82) is 0 Å². The van der Waals surface area contributed by atoms with Crippen LogP contribution < -0.4 is 4.74 Å². The Balaban J connectivity index is 1.60. The standard InChI is InChI=1S/C25H28N2O2/c1-20-8-6-12-24(21(20)2)29-17-14-25(28)27(19-23-11-7-15-26-18-23)16-13-22-9-4-3-5-10-22/h3-12,15,18H,13-14,16-17,19H2,1-2H3. The first-order chi connectivity index (χ1) is 14.1. The molecule has 0 aliphatic heterocycles. The van der Waals surface area contributed by atoms with E-state index in [1.807, 2.05) is 60.5 Å². The Kier molecular flexibility index (Phi) is 7.40. The van der Waals surface area contributed by atoms with Gasteiger partial charge < -0.3 is 9.64 Å². The van der Waals surface area contributed by atoms with Crippen LogP contribution in [0, 0.1) is 13.8 Å². The van der Waals surface area contributed by atoms with E-state index < -0.39 is 0 Å². The highest BCUT2D eigenvalue weighted by molar-refractivity contribution is 5.76. The Morgan fingerprint density at radius 2 is 1.76 bits per heavy atom. The number of rotatable bonds is 9. The van der Waals surface area contributed by atoms with Crippen LogP contribution in [0.4, 0.5) is 0 Å². The van der Waals surface area contributed by atoms with Crippen LogP contribution in [0.1, 0.15) is 28.7 Å². The number of aryl methyl sites for hydroxylation is 1. The van der Waals surface area contributed by atoms with Crippen LogP contribution in [-0.4, -0.2) is 28.9 Å². The largest absolute Gasteiger partial charge is 0.493 e. The maximum atomic E-state index is 12.9. The first kappa shape index (κ1) is 20.6. The second-order valence-electron chi connectivity index (χ2n) is 7.21. The minimum atomic E-state index is 0.0927. The van der Waals surface area contributed by atoms with E-state index >= 15 is 0 Å². The molecule has 0 bridgehead atoms. The number of benzene rings is 2. The van der Waals surface area contributed by atoms with E-state index in [1.54, 1.807) is 6.20 Å². The highest BCUT2D eigenvalue weighted by Gasteiger charge is 2.15. The molecule has 0 aliphatic rings. The predicted molar refractivity (Wildman–Crippen MR) is 116 cm³/mol. The predicted octanol–water partition coefficient (Wildman–Crippen LogP) is 4.74. The summed E-state index contributed by atoms with van der Waals surface area (Å²) in [4.78, 5) is 19.0. The first-order valence-electron chi connectivity index (χ1n) is 10.0. The van der Waals surface area contributed by atoms with Crippen molar-refractivity contribution in [2.24, 2.45) is 0 Å². The molecule has 1 amide bonds. The second-order valence-corrected chi connectivity index (χ2v) is 7.21. The fourth-order valence-corrected chi connectivity index (χ4v) is 3.20. The zero-order valence-corrected chi connectivity index (χ0v) is 17.2. The number of pyridine rings is 1. The van der Waals surface area contributed by atoms with E-state index in [4.69, 9.17) is 4.74 Å². The molecule has 1 heterocycles. The van der Waals surface area contributed by atoms with Gasteiger partial charge in [-0.25, -0.2) is 0 Å². The Hall–Kier alpha value is -3.14. The zero-order chi connectivity index (χ0) is 20.5. The molecule has 0 atom stereocenters. The lowest BCUT2D eigenvalue weighted by Crippen LogP contribution is -2.33. The van der Waals surface area contributed by atoms with Crippen LogP contribution in [0.5, 0.6) is 5.75 Å². The lowest BCUT2D eigenvalue weighted by molar-refractivity contribution is -0.132. The first-order valence-corrected chi connectivity index (χ1v) is 10.0. The third-order valence-corrected chi connectivity index (χ3v) is 5.09. The lowest BCUT2D eigenvalue weighted by atomic mass is 10.1. The van der Waals surface area contributed by atoms with E-state index in [0.29, 0.717) is 26.1 Å². The number of nitrogens with zero attached hydrogens (tertiary/aromatic N) is 2. The van der Waals surface area contributed by atoms with Gasteiger partial charge in [0.15, 0.2) is 0 Å². The van der Waals surface area contributed by atoms with Crippen molar-refractivity contribution in [3.05, 3.63) is 95.3 Å². The number of carbonyl (C=O) groups excluding carboxylic acids is 1. The molecule has 150 valence electrons. The second kappa shape index (κ2) is 10.4. The van der Waals surface area contributed by atoms with Crippen molar-refractivity contribution in [3.8, 4) is 5.75 Å². The molecule has 0 aliphatic carbocycles. The molecule has 1 aromatic heterocycles. The smallest absolute Gasteiger partial charge is 0.226 e. The molecule has 0 saturated heterocycles. The molecule has 0 N–H and O–H groups in total. The molecular formula is C25H28N2O2. The molecule has 4 nitrogen and oxygen atoms in total. The number of amides is 1. The molecule has 4 heteroatoms. The summed E-state index contributed by atoms with van der Waals surface area (Å²) in [6.45, 7) is 5.70. The van der Waals surface area contributed by atoms with Crippen molar-refractivity contribution in [2.75, 3.05) is 13.2 Å². The highest BCUT2D eigenvalue weighted by Crippen LogP contribution is 2.20. The van der Waals surface area contributed by atoms with Gasteiger partial charge in [-0.15, -0.1) is 0 Å². The van der Waals surface area contributed by atoms with Crippen molar-refractivity contribution >= 4 is 5.91 Å². The summed E-state index contributed by atoms with van der Waals surface area (Å²) in [5.41, 5.74) is 4.57. The number of carbonyl (C=O) groups is 1. The maximum Gasteiger partial charge on any atom is 0.226 e. The Bertz CT molecular complexity index is 911. The van der Waals surface area contributed by atoms with Gasteiger partial charge in [0.2, 0.25) is 5.91 Å². The zero-order valence-electron chi connectivity index (χ0n) is 17.2. The minimum Gasteiger partial charge on any atom is -0.493 e. The van der Waals surface area contributed by atoms with Crippen LogP contribution in [-0.2, 0) is 17.8 Å². The third kappa shape index (κ3) is 6.18. The molecule has 0 fully saturated rings. The van der Waals surface area contributed by atoms with Crippen LogP contribution in [0.25, 0.3) is 0 Å². The summed E-state index contributed by atoms with van der Waals surface area (Å²) >= 11 is 0. The summed E-state index contributed by atoms with van der Waals surface area (Å²) in [6, 6.07) is 20.2. The van der Waals surface area contributed by atoms with E-state index in [9.17, 15) is 4.79 Å². The number of ether oxygens (including phenoxy) is 1. The normalized spacial score (nSPS) is 10.6. The molecule has 0 radical (unpaired) electrons. The highest BCUT2D eigenvalue weighted by atomic mass is 16.5. The van der Waals surface area contributed by atoms with Crippen molar-refractivity contribution in [1.82, 2.24) is 9.88 Å². The fourth-order valence-electron chi connectivity index (χ4n) is 3.20. The Labute approximate surface area is 173 Å². The summed E-state index contributed by atoms with van der Waals surface area (Å²) < 4.78 is 5.89. The molecule has 2 aromatic carbocycles. The summed E-state index contributed by atoms with van der Waals surface area (Å²) in [6.07, 6.45) is 4.74. The van der Waals surface area contributed by atoms with Crippen LogP contribution >= 0.6 is 0 Å². The Morgan fingerprint density at radius 1 is 0.966 bits per heavy atom. The molecule has 3 rings (SSSR count). The van der Waals surface area contributed by atoms with Crippen LogP contribution in [0.2, 0.25) is 0 Å². The molecule has 0 saturated carbocycles. The monoisotopic (exact) mass is 388 g/mol. The number of aromatic nitrogens is 1. The van der Waals surface area contributed by atoms with Gasteiger partial charge >= 0.3 is 0 Å². The van der Waals surface area contributed by atoms with Crippen molar-refractivity contribution in [2.45, 2.75) is 33.2 Å². The van der Waals surface area contributed by atoms with E-state index in [2.05, 4.69) is 30.1 Å². The summed E-state index contributed by atoms with van der Waals surface area (Å²) in [5, 5.41) is 0. The average molecular weight is 389 g/mol. The van der Waals surface area contributed by atoms with Gasteiger partial charge in [-0.2, -0.15) is 0 Å². The van der Waals surface area contributed by atoms with Crippen molar-refractivity contribution in [3.63, 3.8) is 0 Å². The topological polar surface area (TPSA) is 42.4 Å². The van der Waals surface area contributed by atoms with E-state index in [-0.39, 0.29) is 5.91 Å². The number of hydrogen-bond acceptors (Lipinski definition) is 3. The average Bonchev–Trinajstić information content (AvgIpc) is 2.75. The molecule has 29 heavy (non-hydrogen) atoms. The fraction of sp³-hybridized carbons (Fsp3) is 0.280. The lowest BCUT2D eigenvalue weighted by Gasteiger charge is -2.23. The number of hydrogen-bond donors (Lipinski definition) is 0. The van der Waals surface area contributed by atoms with Crippen molar-refractivity contribution < 1.29 is 9.53 Å². The Morgan fingerprint density at radius 3 is 2.52 bits per heavy atom. The van der Waals surface area contributed by atoms with Gasteiger partial charge in [-0.05, 0) is 54.7 Å². The van der Waals surface area contributed by atoms with E-state index in [1.165, 1.54) is 11.1 Å². The third-order valence-electron chi connectivity index (χ3n) is 5.09. The van der Waals surface area contributed by atoms with Gasteiger partial charge in [-0.3, -0.25) is 9.78 Å². The quantitative estimate of drug-likeness (QED) is 0.532. The minimum absolute atomic E-state index is 0.0927. The van der Waals surface area contributed by atoms with Gasteiger partial charge in [0.1, 0.15) is 5.75 Å². The van der Waals surface area contributed by atoms with Gasteiger partial charge in [-0.1, -0.05) is 48.5 Å². The summed E-state index contributed by atoms with van der Waals surface area (Å²) in [7, 11) is 0. The van der Waals surface area contributed by atoms with E-state index in [0.717, 1.165) is 23.3 Å². The van der Waals surface area contributed by atoms with Crippen LogP contribution in [0.3, 0.4) is 0 Å². The summed E-state index contributed by atoms with van der Waals surface area (Å²) in [5.74, 6) is 0.941. The van der Waals surface area contributed by atoms with Gasteiger partial charge in [0.25, 0.3) is 0 Å². The maximum absolute atomic E-state index is 12.9. The molecule has 0 spiro atoms. The SMILES string of the molecule is Cc1cccc(OCCC(=O)N(CCc2ccccc2)Cc2cccnc2)c1C. The molecule has 3 aromatic rings. The van der Waals surface area contributed by atoms with Crippen LogP contribution in [0.15, 0.2) is 73.1 Å². The van der Waals surface area contributed by atoms with Gasteiger partial charge in [0, 0.05) is 25.5 Å². The molecule has 0 unspecified atom stereocenters. The molecular weight excluding hydrogens is 360 g/mol. The van der Waals surface area contributed by atoms with Gasteiger partial charge in [0.05, 0.1) is 13.0 Å².